The number of carboxylic acids is 2. The second-order valence-electron chi connectivity index (χ2n) is 8.73. The first-order chi connectivity index (χ1) is 17.6. The third kappa shape index (κ3) is 6.58. The fourth-order valence-corrected chi connectivity index (χ4v) is 3.93. The van der Waals surface area contributed by atoms with Crippen molar-refractivity contribution < 1.29 is 46.2 Å². The van der Waals surface area contributed by atoms with Crippen molar-refractivity contribution in [1.29, 1.82) is 0 Å². The van der Waals surface area contributed by atoms with Crippen LogP contribution in [0.5, 0.6) is 0 Å². The van der Waals surface area contributed by atoms with Gasteiger partial charge in [-0.2, -0.15) is 13.2 Å². The van der Waals surface area contributed by atoms with E-state index in [0.29, 0.717) is 22.2 Å². The van der Waals surface area contributed by atoms with Crippen LogP contribution in [0.2, 0.25) is 0 Å². The molecule has 1 saturated heterocycles. The zero-order valence-electron chi connectivity index (χ0n) is 20.1. The molecule has 204 valence electrons. The van der Waals surface area contributed by atoms with E-state index in [2.05, 4.69) is 5.32 Å². The summed E-state index contributed by atoms with van der Waals surface area (Å²) in [5.74, 6) is -6.53. The molecule has 1 fully saturated rings. The van der Waals surface area contributed by atoms with Gasteiger partial charge in [-0.1, -0.05) is 18.2 Å². The first-order valence-electron chi connectivity index (χ1n) is 11.2. The molecular weight excluding hydrogens is 519 g/mol. The number of aliphatic carboxylic acids is 1. The largest absolute Gasteiger partial charge is 0.490 e. The Bertz CT molecular complexity index is 1420. The summed E-state index contributed by atoms with van der Waals surface area (Å²) in [6.07, 6.45) is -5.38. The number of hydrogen-bond acceptors (Lipinski definition) is 6. The molecule has 0 bridgehead atoms. The maximum absolute atomic E-state index is 13.7. The number of rotatable bonds is 5. The van der Waals surface area contributed by atoms with Crippen molar-refractivity contribution >= 4 is 34.5 Å². The van der Waals surface area contributed by atoms with Gasteiger partial charge in [0.05, 0.1) is 23.5 Å². The molecule has 1 atom stereocenters. The lowest BCUT2D eigenvalue weighted by molar-refractivity contribution is -0.192. The minimum Gasteiger partial charge on any atom is -0.478 e. The van der Waals surface area contributed by atoms with Gasteiger partial charge in [-0.15, -0.1) is 0 Å². The number of nitrogens with zero attached hydrogens (tertiary/aromatic N) is 1. The number of fused-ring (bicyclic) bond motifs is 1. The van der Waals surface area contributed by atoms with Crippen LogP contribution in [0.25, 0.3) is 11.0 Å². The molecule has 0 amide bonds. The Kier molecular flexibility index (Phi) is 7.98. The Morgan fingerprint density at radius 3 is 2.32 bits per heavy atom. The highest BCUT2D eigenvalue weighted by Gasteiger charge is 2.39. The smallest absolute Gasteiger partial charge is 0.478 e. The summed E-state index contributed by atoms with van der Waals surface area (Å²) in [7, 11) is 0. The van der Waals surface area contributed by atoms with Crippen LogP contribution in [0.4, 0.5) is 33.5 Å². The monoisotopic (exact) mass is 542 g/mol. The third-order valence-corrected chi connectivity index (χ3v) is 5.71. The van der Waals surface area contributed by atoms with E-state index >= 15 is 0 Å². The topological polar surface area (TPSA) is 120 Å². The summed E-state index contributed by atoms with van der Waals surface area (Å²) >= 11 is 0. The van der Waals surface area contributed by atoms with Gasteiger partial charge in [0, 0.05) is 30.3 Å². The van der Waals surface area contributed by atoms with Gasteiger partial charge in [-0.05, 0) is 37.6 Å². The molecule has 4 rings (SSSR count). The summed E-state index contributed by atoms with van der Waals surface area (Å²) in [6.45, 7) is 3.27. The standard InChI is InChI=1S/C23H22F2N2O4.C2HF3O2/c1-13-9-16(14(2)26-18-6-4-3-5-15(18)22(29)30)21-17(10-13)19(28)11-20(31-21)27-8-7-23(24,25)12-27;3-2(4,5)1(6)7/h3-6,9-11,14,26H,7-8,12H2,1-2H3,(H,29,30);(H,6,7). The SMILES string of the molecule is Cc1cc(C(C)Nc2ccccc2C(=O)O)c2oc(N3CCC(F)(F)C3)cc(=O)c2c1.O=C(O)C(F)(F)F. The van der Waals surface area contributed by atoms with E-state index in [1.807, 2.05) is 19.9 Å². The molecule has 3 aromatic rings. The van der Waals surface area contributed by atoms with Gasteiger partial charge in [-0.3, -0.25) is 4.79 Å². The van der Waals surface area contributed by atoms with Gasteiger partial charge >= 0.3 is 18.1 Å². The average Bonchev–Trinajstić information content (AvgIpc) is 3.18. The normalized spacial score (nSPS) is 15.5. The lowest BCUT2D eigenvalue weighted by atomic mass is 10.0. The second kappa shape index (κ2) is 10.7. The molecule has 1 unspecified atom stereocenters. The lowest BCUT2D eigenvalue weighted by Gasteiger charge is -2.21. The van der Waals surface area contributed by atoms with Gasteiger partial charge in [0.2, 0.25) is 0 Å². The molecule has 8 nitrogen and oxygen atoms in total. The van der Waals surface area contributed by atoms with E-state index in [1.54, 1.807) is 24.3 Å². The molecule has 3 N–H and O–H groups in total. The minimum atomic E-state index is -5.08. The number of nitrogens with one attached hydrogen (secondary N) is 1. The van der Waals surface area contributed by atoms with E-state index in [4.69, 9.17) is 14.3 Å². The molecule has 1 aliphatic rings. The number of benzene rings is 2. The Morgan fingerprint density at radius 1 is 1.13 bits per heavy atom. The fourth-order valence-electron chi connectivity index (χ4n) is 3.93. The number of carbonyl (C=O) groups is 2. The van der Waals surface area contributed by atoms with Gasteiger partial charge in [0.1, 0.15) is 5.58 Å². The maximum Gasteiger partial charge on any atom is 0.490 e. The summed E-state index contributed by atoms with van der Waals surface area (Å²) in [5, 5.41) is 20.1. The maximum atomic E-state index is 13.7. The van der Waals surface area contributed by atoms with Crippen LogP contribution in [0.3, 0.4) is 0 Å². The first-order valence-corrected chi connectivity index (χ1v) is 11.2. The number of hydrogen-bond donors (Lipinski definition) is 3. The molecule has 1 aromatic heterocycles. The second-order valence-corrected chi connectivity index (χ2v) is 8.73. The summed E-state index contributed by atoms with van der Waals surface area (Å²) in [4.78, 5) is 34.6. The number of carboxylic acid groups (broad SMARTS) is 2. The van der Waals surface area contributed by atoms with Crippen LogP contribution in [-0.2, 0) is 4.79 Å². The highest BCUT2D eigenvalue weighted by Crippen LogP contribution is 2.34. The van der Waals surface area contributed by atoms with Gasteiger partial charge in [-0.25, -0.2) is 18.4 Å². The Balaban J connectivity index is 0.000000505. The molecule has 0 aliphatic carbocycles. The highest BCUT2D eigenvalue weighted by molar-refractivity contribution is 5.94. The zero-order chi connectivity index (χ0) is 28.4. The van der Waals surface area contributed by atoms with Crippen molar-refractivity contribution in [3.8, 4) is 0 Å². The number of halogens is 5. The number of aryl methyl sites for hydroxylation is 1. The summed E-state index contributed by atoms with van der Waals surface area (Å²) in [5.41, 5.74) is 2.00. The van der Waals surface area contributed by atoms with Crippen LogP contribution in [0, 0.1) is 6.92 Å². The minimum absolute atomic E-state index is 0.0996. The van der Waals surface area contributed by atoms with Crippen molar-refractivity contribution in [3.63, 3.8) is 0 Å². The third-order valence-electron chi connectivity index (χ3n) is 5.71. The predicted octanol–water partition coefficient (Wildman–Crippen LogP) is 5.45. The molecule has 2 heterocycles. The van der Waals surface area contributed by atoms with E-state index < -0.39 is 36.6 Å². The van der Waals surface area contributed by atoms with Crippen LogP contribution in [0.15, 0.2) is 51.7 Å². The molecule has 1 aliphatic heterocycles. The van der Waals surface area contributed by atoms with Crippen molar-refractivity contribution in [2.45, 2.75) is 38.4 Å². The molecule has 38 heavy (non-hydrogen) atoms. The quantitative estimate of drug-likeness (QED) is 0.364. The van der Waals surface area contributed by atoms with Crippen LogP contribution in [-0.4, -0.2) is 47.3 Å². The van der Waals surface area contributed by atoms with E-state index in [1.165, 1.54) is 17.0 Å². The Morgan fingerprint density at radius 2 is 1.76 bits per heavy atom. The van der Waals surface area contributed by atoms with E-state index in [9.17, 15) is 36.6 Å². The average molecular weight is 542 g/mol. The van der Waals surface area contributed by atoms with Gasteiger partial charge < -0.3 is 24.8 Å². The molecule has 0 saturated carbocycles. The van der Waals surface area contributed by atoms with Crippen molar-refractivity contribution in [3.05, 3.63) is 69.4 Å². The van der Waals surface area contributed by atoms with Crippen molar-refractivity contribution in [2.75, 3.05) is 23.3 Å². The number of anilines is 2. The highest BCUT2D eigenvalue weighted by atomic mass is 19.4. The number of alkyl halides is 5. The molecule has 0 spiro atoms. The van der Waals surface area contributed by atoms with E-state index in [0.717, 1.165) is 5.56 Å². The molecule has 13 heteroatoms. The van der Waals surface area contributed by atoms with Crippen LogP contribution < -0.4 is 15.6 Å². The van der Waals surface area contributed by atoms with Crippen molar-refractivity contribution in [1.82, 2.24) is 0 Å². The molecular formula is C25H23F5N2O6. The summed E-state index contributed by atoms with van der Waals surface area (Å²) in [6, 6.07) is 10.9. The summed E-state index contributed by atoms with van der Waals surface area (Å²) < 4.78 is 65.1. The number of aromatic carboxylic acids is 1. The lowest BCUT2D eigenvalue weighted by Crippen LogP contribution is -2.25. The van der Waals surface area contributed by atoms with Crippen LogP contribution in [0.1, 0.15) is 40.9 Å². The first kappa shape index (κ1) is 28.4. The van der Waals surface area contributed by atoms with Gasteiger partial charge in [0.25, 0.3) is 5.92 Å². The predicted molar refractivity (Wildman–Crippen MR) is 128 cm³/mol. The number of para-hydroxylation sites is 1. The zero-order valence-corrected chi connectivity index (χ0v) is 20.1. The molecule has 0 radical (unpaired) electrons. The fraction of sp³-hybridized carbons (Fsp3) is 0.320. The van der Waals surface area contributed by atoms with Crippen LogP contribution >= 0.6 is 0 Å². The Hall–Kier alpha value is -4.16. The van der Waals surface area contributed by atoms with Gasteiger partial charge in [0.15, 0.2) is 11.3 Å². The van der Waals surface area contributed by atoms with E-state index in [-0.39, 0.29) is 29.8 Å². The Labute approximate surface area is 212 Å². The van der Waals surface area contributed by atoms with Crippen molar-refractivity contribution in [2.24, 2.45) is 0 Å². The molecule has 2 aromatic carbocycles.